The Kier molecular flexibility index (Phi) is 18.6. The van der Waals surface area contributed by atoms with Gasteiger partial charge in [-0.3, -0.25) is 0 Å². The van der Waals surface area contributed by atoms with Crippen molar-refractivity contribution in [1.82, 2.24) is 0 Å². The normalized spacial score (nSPS) is 13.2. The van der Waals surface area contributed by atoms with Crippen molar-refractivity contribution in [2.75, 3.05) is 9.80 Å². The Morgan fingerprint density at radius 3 is 0.920 bits per heavy atom. The average Bonchev–Trinajstić information content (AvgIpc) is 0.684. The smallest absolute Gasteiger partial charge is 0.252 e. The molecule has 2 aliphatic heterocycles. The highest BCUT2D eigenvalue weighted by Crippen LogP contribution is 2.50. The SMILES string of the molecule is CC(C)(C)c1cccc([Si](c2ccccc2)(c2cccc(-c3ccccc3)c2)c2ccc3c(c2)N(c2ccc(C(C)(C)C)cc2-c2ccccc2)c2cc([Si](c4ccccc4)(c4ccccc4)c4cccc(-c5ccccc5)c4)cc4c2B3c2cc(-c3ccccc3)ccc2N4c2ccc(C(C)(C)C)cc2-c2ccccc2)c1. The first-order valence-electron chi connectivity index (χ1n) is 40.1. The largest absolute Gasteiger partial charge is 0.311 e. The van der Waals surface area contributed by atoms with Crippen molar-refractivity contribution >= 4 is 115 Å². The van der Waals surface area contributed by atoms with Gasteiger partial charge in [-0.25, -0.2) is 0 Å². The Balaban J connectivity index is 1.06. The van der Waals surface area contributed by atoms with Crippen LogP contribution < -0.4 is 67.7 Å². The molecule has 0 saturated heterocycles. The van der Waals surface area contributed by atoms with Gasteiger partial charge in [0.25, 0.3) is 6.71 Å². The zero-order chi connectivity index (χ0) is 77.2. The fourth-order valence-electron chi connectivity index (χ4n) is 18.3. The molecular weight excluding hydrogens is 1390 g/mol. The van der Waals surface area contributed by atoms with Gasteiger partial charge >= 0.3 is 0 Å². The lowest BCUT2D eigenvalue weighted by atomic mass is 9.33. The fraction of sp³-hybridized carbons (Fsp3) is 0.111. The maximum absolute atomic E-state index is 3.56. The number of nitrogens with zero attached hydrogens (tertiary/aromatic N) is 2. The van der Waals surface area contributed by atoms with Crippen molar-refractivity contribution in [2.45, 2.75) is 78.6 Å². The standard InChI is InChI=1S/C108H93BN2Si2/c1-106(2,3)84-49-36-58-92(70-84)113(89-54-32-17-33-55-89,91-57-35-48-82(68-91)77-39-20-11-21-40-77)93-62-63-97-102(73-93)111(100-66-61-86(108(7,8)9)72-96(100)80-45-26-14-27-46-80)104-75-94(112(87-50-28-15-29-51-87,88-52-30-16-31-53-88)90-56-34-47-81(67-90)76-37-18-10-19-38-76)74-103-105(104)109(97)98-69-83(78-41-22-12-23-42-78)59-64-101(98)110(103)99-65-60-85(107(4,5)6)71-95(99)79-43-24-13-25-44-79/h10-75H,1-9H3. The third-order valence-electron chi connectivity index (χ3n) is 24.0. The van der Waals surface area contributed by atoms with Gasteiger partial charge in [0.15, 0.2) is 16.1 Å². The van der Waals surface area contributed by atoms with Gasteiger partial charge in [0.1, 0.15) is 0 Å². The van der Waals surface area contributed by atoms with E-state index in [1.54, 1.807) is 0 Å². The molecule has 0 radical (unpaired) electrons. The van der Waals surface area contributed by atoms with Crippen molar-refractivity contribution in [3.63, 3.8) is 0 Å². The molecule has 0 amide bonds. The lowest BCUT2D eigenvalue weighted by Crippen LogP contribution is -2.75. The second kappa shape index (κ2) is 29.1. The zero-order valence-electron chi connectivity index (χ0n) is 66.1. The number of hydrogen-bond acceptors (Lipinski definition) is 2. The highest BCUT2D eigenvalue weighted by atomic mass is 28.3. The number of benzene rings is 16. The molecule has 0 N–H and O–H groups in total. The number of fused-ring (bicyclic) bond motifs is 4. The van der Waals surface area contributed by atoms with E-state index in [-0.39, 0.29) is 23.0 Å². The Bertz CT molecular complexity index is 6130. The van der Waals surface area contributed by atoms with Gasteiger partial charge in [0.2, 0.25) is 0 Å². The van der Waals surface area contributed by atoms with Crippen LogP contribution in [0, 0.1) is 0 Å². The van der Waals surface area contributed by atoms with E-state index in [4.69, 9.17) is 0 Å². The van der Waals surface area contributed by atoms with Crippen LogP contribution in [0.5, 0.6) is 0 Å². The molecule has 18 rings (SSSR count). The van der Waals surface area contributed by atoms with Crippen LogP contribution in [0.15, 0.2) is 400 Å². The minimum absolute atomic E-state index is 0.143. The molecule has 16 aromatic carbocycles. The summed E-state index contributed by atoms with van der Waals surface area (Å²) >= 11 is 0. The molecular formula is C108H93BN2Si2. The van der Waals surface area contributed by atoms with E-state index in [1.807, 2.05) is 0 Å². The van der Waals surface area contributed by atoms with Gasteiger partial charge in [0.05, 0.1) is 11.4 Å². The lowest BCUT2D eigenvalue weighted by Gasteiger charge is -2.47. The second-order valence-electron chi connectivity index (χ2n) is 34.0. The molecule has 0 fully saturated rings. The Morgan fingerprint density at radius 2 is 0.504 bits per heavy atom. The average molecular weight is 1490 g/mol. The minimum Gasteiger partial charge on any atom is -0.311 e. The predicted octanol–water partition coefficient (Wildman–Crippen LogP) is 20.8. The van der Waals surface area contributed by atoms with Gasteiger partial charge in [0, 0.05) is 33.9 Å². The van der Waals surface area contributed by atoms with E-state index >= 15 is 0 Å². The van der Waals surface area contributed by atoms with E-state index in [0.29, 0.717) is 0 Å². The van der Waals surface area contributed by atoms with Crippen LogP contribution in [-0.4, -0.2) is 22.9 Å². The van der Waals surface area contributed by atoms with Crippen LogP contribution in [-0.2, 0) is 16.2 Å². The molecule has 0 aromatic heterocycles. The van der Waals surface area contributed by atoms with Crippen LogP contribution >= 0.6 is 0 Å². The zero-order valence-corrected chi connectivity index (χ0v) is 68.1. The highest BCUT2D eigenvalue weighted by Gasteiger charge is 2.51. The van der Waals surface area contributed by atoms with Gasteiger partial charge in [-0.05, 0) is 184 Å². The van der Waals surface area contributed by atoms with E-state index in [0.717, 1.165) is 45.3 Å². The van der Waals surface area contributed by atoms with Crippen molar-refractivity contribution in [3.05, 3.63) is 417 Å². The Labute approximate surface area is 671 Å². The summed E-state index contributed by atoms with van der Waals surface area (Å²) in [5.41, 5.74) is 25.7. The first kappa shape index (κ1) is 72.2. The second-order valence-corrected chi connectivity index (χ2v) is 41.6. The first-order valence-corrected chi connectivity index (χ1v) is 44.1. The van der Waals surface area contributed by atoms with E-state index in [1.165, 1.54) is 119 Å². The number of hydrogen-bond donors (Lipinski definition) is 0. The molecule has 5 heteroatoms. The van der Waals surface area contributed by atoms with Crippen molar-refractivity contribution in [2.24, 2.45) is 0 Å². The predicted molar refractivity (Wildman–Crippen MR) is 491 cm³/mol. The molecule has 1 atom stereocenters. The molecule has 0 bridgehead atoms. The summed E-state index contributed by atoms with van der Waals surface area (Å²) in [7, 11) is -7.03. The van der Waals surface area contributed by atoms with Gasteiger partial charge < -0.3 is 9.80 Å². The molecule has 2 heterocycles. The minimum atomic E-state index is -3.56. The highest BCUT2D eigenvalue weighted by molar-refractivity contribution is 7.21. The Morgan fingerprint density at radius 1 is 0.195 bits per heavy atom. The third kappa shape index (κ3) is 12.9. The summed E-state index contributed by atoms with van der Waals surface area (Å²) in [5.74, 6) is 0. The van der Waals surface area contributed by atoms with E-state index in [9.17, 15) is 0 Å². The lowest BCUT2D eigenvalue weighted by molar-refractivity contribution is 0.590. The summed E-state index contributed by atoms with van der Waals surface area (Å²) < 4.78 is 0. The molecule has 16 aromatic rings. The summed E-state index contributed by atoms with van der Waals surface area (Å²) in [6.45, 7) is 20.9. The molecule has 0 aliphatic carbocycles. The van der Waals surface area contributed by atoms with Crippen LogP contribution in [0.2, 0.25) is 0 Å². The molecule has 0 saturated carbocycles. The Hall–Kier alpha value is -12.4. The molecule has 546 valence electrons. The molecule has 2 aliphatic rings. The van der Waals surface area contributed by atoms with Crippen molar-refractivity contribution in [1.29, 1.82) is 0 Å². The number of rotatable bonds is 15. The maximum atomic E-state index is 2.78. The summed E-state index contributed by atoms with van der Waals surface area (Å²) in [6.07, 6.45) is 0. The monoisotopic (exact) mass is 1480 g/mol. The topological polar surface area (TPSA) is 6.48 Å². The van der Waals surface area contributed by atoms with Gasteiger partial charge in [-0.2, -0.15) is 0 Å². The number of anilines is 6. The summed E-state index contributed by atoms with van der Waals surface area (Å²) in [5, 5.41) is 10.4. The first-order chi connectivity index (χ1) is 54.9. The van der Waals surface area contributed by atoms with Crippen LogP contribution in [0.25, 0.3) is 55.6 Å². The quantitative estimate of drug-likeness (QED) is 0.0746. The molecule has 2 nitrogen and oxygen atoms in total. The van der Waals surface area contributed by atoms with Crippen molar-refractivity contribution in [3.8, 4) is 55.6 Å². The van der Waals surface area contributed by atoms with E-state index in [2.05, 4.69) is 472 Å². The maximum Gasteiger partial charge on any atom is 0.252 e. The summed E-state index contributed by atoms with van der Waals surface area (Å²) in [6, 6.07) is 155. The third-order valence-corrected chi connectivity index (χ3v) is 33.5. The van der Waals surface area contributed by atoms with Crippen LogP contribution in [0.4, 0.5) is 34.1 Å². The summed E-state index contributed by atoms with van der Waals surface area (Å²) in [4.78, 5) is 5.49. The molecule has 0 spiro atoms. The van der Waals surface area contributed by atoms with Gasteiger partial charge in [-0.15, -0.1) is 0 Å². The van der Waals surface area contributed by atoms with Crippen LogP contribution in [0.3, 0.4) is 0 Å². The molecule has 113 heavy (non-hydrogen) atoms. The van der Waals surface area contributed by atoms with E-state index < -0.39 is 16.1 Å². The molecule has 1 unspecified atom stereocenters. The van der Waals surface area contributed by atoms with Crippen LogP contribution in [0.1, 0.15) is 79.0 Å². The fourth-order valence-corrected chi connectivity index (χ4v) is 27.9. The van der Waals surface area contributed by atoms with Gasteiger partial charge in [-0.1, -0.05) is 414 Å². The van der Waals surface area contributed by atoms with Crippen molar-refractivity contribution < 1.29 is 0 Å².